The Hall–Kier alpha value is -4.14. The van der Waals surface area contributed by atoms with Crippen LogP contribution in [0.2, 0.25) is 0 Å². The van der Waals surface area contributed by atoms with E-state index in [1.807, 2.05) is 29.8 Å². The van der Waals surface area contributed by atoms with Gasteiger partial charge in [-0.25, -0.2) is 27.2 Å². The van der Waals surface area contributed by atoms with Gasteiger partial charge >= 0.3 is 0 Å². The van der Waals surface area contributed by atoms with E-state index in [0.29, 0.717) is 23.9 Å². The van der Waals surface area contributed by atoms with Crippen LogP contribution in [0.4, 0.5) is 23.4 Å². The second kappa shape index (κ2) is 9.25. The van der Waals surface area contributed by atoms with Crippen molar-refractivity contribution in [2.45, 2.75) is 46.1 Å². The fourth-order valence-electron chi connectivity index (χ4n) is 5.53. The van der Waals surface area contributed by atoms with Crippen molar-refractivity contribution in [1.29, 1.82) is 0 Å². The van der Waals surface area contributed by atoms with Gasteiger partial charge < -0.3 is 9.88 Å². The number of fused-ring (bicyclic) bond motifs is 2. The summed E-state index contributed by atoms with van der Waals surface area (Å²) < 4.78 is 59.2. The number of hydrogen-bond acceptors (Lipinski definition) is 3. The number of alkyl halides is 2. The monoisotopic (exact) mass is 533 g/mol. The molecule has 6 rings (SSSR count). The van der Waals surface area contributed by atoms with Gasteiger partial charge in [0.25, 0.3) is 5.92 Å². The molecule has 0 fully saturated rings. The average Bonchev–Trinajstić information content (AvgIpc) is 3.54. The number of benzene rings is 2. The lowest BCUT2D eigenvalue weighted by molar-refractivity contribution is 0.0168. The third-order valence-electron chi connectivity index (χ3n) is 7.50. The number of nitrogens with one attached hydrogen (secondary N) is 1. The van der Waals surface area contributed by atoms with E-state index >= 15 is 4.39 Å². The summed E-state index contributed by atoms with van der Waals surface area (Å²) >= 11 is 0. The van der Waals surface area contributed by atoms with E-state index in [2.05, 4.69) is 23.0 Å². The predicted molar refractivity (Wildman–Crippen MR) is 143 cm³/mol. The zero-order chi connectivity index (χ0) is 27.5. The number of hydrogen-bond donors (Lipinski definition) is 1. The number of halogens is 4. The van der Waals surface area contributed by atoms with Gasteiger partial charge in [-0.15, -0.1) is 0 Å². The maximum Gasteiger partial charge on any atom is 0.272 e. The summed E-state index contributed by atoms with van der Waals surface area (Å²) in [5.74, 6) is -4.33. The van der Waals surface area contributed by atoms with E-state index in [0.717, 1.165) is 64.9 Å². The van der Waals surface area contributed by atoms with Gasteiger partial charge in [-0.1, -0.05) is 25.1 Å². The first kappa shape index (κ1) is 25.2. The van der Waals surface area contributed by atoms with Crippen LogP contribution in [0, 0.1) is 18.6 Å². The molecule has 5 aromatic rings. The minimum absolute atomic E-state index is 0.0170. The molecule has 0 saturated heterocycles. The van der Waals surface area contributed by atoms with Gasteiger partial charge in [0.15, 0.2) is 11.6 Å². The smallest absolute Gasteiger partial charge is 0.272 e. The first-order valence-electron chi connectivity index (χ1n) is 12.9. The van der Waals surface area contributed by atoms with Crippen LogP contribution in [0.1, 0.15) is 41.8 Å². The van der Waals surface area contributed by atoms with Gasteiger partial charge in [0.2, 0.25) is 0 Å². The highest BCUT2D eigenvalue weighted by Crippen LogP contribution is 2.39. The van der Waals surface area contributed by atoms with E-state index in [-0.39, 0.29) is 18.2 Å². The second-order valence-corrected chi connectivity index (χ2v) is 10.1. The van der Waals surface area contributed by atoms with Crippen molar-refractivity contribution < 1.29 is 17.6 Å². The summed E-state index contributed by atoms with van der Waals surface area (Å²) in [5, 5.41) is 5.76. The Morgan fingerprint density at radius 2 is 1.90 bits per heavy atom. The summed E-state index contributed by atoms with van der Waals surface area (Å²) in [7, 11) is 0. The lowest BCUT2D eigenvalue weighted by Gasteiger charge is -2.28. The number of nitrogens with zero attached hydrogens (tertiary/aromatic N) is 4. The maximum atomic E-state index is 15.1. The van der Waals surface area contributed by atoms with Crippen LogP contribution in [0.5, 0.6) is 0 Å². The van der Waals surface area contributed by atoms with Crippen LogP contribution < -0.4 is 4.90 Å². The zero-order valence-electron chi connectivity index (χ0n) is 21.8. The molecule has 3 aromatic heterocycles. The predicted octanol–water partition coefficient (Wildman–Crippen LogP) is 7.24. The van der Waals surface area contributed by atoms with E-state index in [1.165, 1.54) is 6.07 Å². The number of rotatable bonds is 5. The minimum Gasteiger partial charge on any atom is -0.359 e. The number of anilines is 1. The Kier molecular flexibility index (Phi) is 5.97. The lowest BCUT2D eigenvalue weighted by Crippen LogP contribution is -2.32. The van der Waals surface area contributed by atoms with Crippen LogP contribution in [-0.4, -0.2) is 26.3 Å². The molecule has 9 heteroatoms. The molecule has 4 heterocycles. The molecule has 0 aliphatic carbocycles. The molecule has 1 aliphatic heterocycles. The van der Waals surface area contributed by atoms with Gasteiger partial charge in [-0.2, -0.15) is 5.10 Å². The van der Waals surface area contributed by atoms with Crippen molar-refractivity contribution in [2.24, 2.45) is 0 Å². The quantitative estimate of drug-likeness (QED) is 0.242. The van der Waals surface area contributed by atoms with Crippen LogP contribution in [0.15, 0.2) is 54.9 Å². The highest BCUT2D eigenvalue weighted by molar-refractivity contribution is 5.96. The number of aromatic nitrogens is 4. The van der Waals surface area contributed by atoms with Crippen LogP contribution in [0.25, 0.3) is 27.8 Å². The first-order valence-corrected chi connectivity index (χ1v) is 12.9. The standard InChI is InChI=1S/C30H27F4N5/c1-4-18-7-5-6-17(2)27(18)39-28(21-8-9-23(31)26-20(21)10-12-35-26)22-16-38(13-11-25(22)37-39)29-24(32)14-19(15-36-29)30(3,33)34/h5-10,12,14-15,35H,4,11,13,16H2,1-3H3. The Balaban J connectivity index is 1.55. The van der Waals surface area contributed by atoms with Crippen molar-refractivity contribution in [3.8, 4) is 16.9 Å². The Morgan fingerprint density at radius 1 is 1.08 bits per heavy atom. The molecule has 5 nitrogen and oxygen atoms in total. The molecular weight excluding hydrogens is 506 g/mol. The lowest BCUT2D eigenvalue weighted by atomic mass is 9.97. The molecule has 0 atom stereocenters. The number of H-pyrrole nitrogens is 1. The van der Waals surface area contributed by atoms with E-state index < -0.39 is 17.3 Å². The molecule has 0 bridgehead atoms. The van der Waals surface area contributed by atoms with Gasteiger partial charge in [-0.3, -0.25) is 0 Å². The number of aryl methyl sites for hydroxylation is 2. The molecule has 1 aliphatic rings. The van der Waals surface area contributed by atoms with Gasteiger partial charge in [-0.05, 0) is 48.7 Å². The second-order valence-electron chi connectivity index (χ2n) is 10.1. The highest BCUT2D eigenvalue weighted by atomic mass is 19.3. The third-order valence-corrected chi connectivity index (χ3v) is 7.50. The van der Waals surface area contributed by atoms with Gasteiger partial charge in [0.1, 0.15) is 5.82 Å². The molecule has 0 spiro atoms. The SMILES string of the molecule is CCc1cccc(C)c1-n1nc2c(c1-c1ccc(F)c3[nH]ccc13)CN(c1ncc(C(C)(F)F)cc1F)CC2. The Morgan fingerprint density at radius 3 is 2.64 bits per heavy atom. The van der Waals surface area contributed by atoms with E-state index in [1.54, 1.807) is 17.2 Å². The molecule has 0 amide bonds. The van der Waals surface area contributed by atoms with Gasteiger partial charge in [0.05, 0.1) is 22.6 Å². The van der Waals surface area contributed by atoms with E-state index in [4.69, 9.17) is 5.10 Å². The molecule has 0 unspecified atom stereocenters. The third kappa shape index (κ3) is 4.16. The van der Waals surface area contributed by atoms with Crippen molar-refractivity contribution in [2.75, 3.05) is 11.4 Å². The summed E-state index contributed by atoms with van der Waals surface area (Å²) in [6.45, 7) is 5.53. The summed E-state index contributed by atoms with van der Waals surface area (Å²) in [6, 6.07) is 12.0. The number of pyridine rings is 1. The molecule has 0 saturated carbocycles. The molecule has 1 N–H and O–H groups in total. The largest absolute Gasteiger partial charge is 0.359 e. The van der Waals surface area contributed by atoms with Crippen LogP contribution in [0.3, 0.4) is 0 Å². The topological polar surface area (TPSA) is 49.7 Å². The van der Waals surface area contributed by atoms with Crippen LogP contribution >= 0.6 is 0 Å². The first-order chi connectivity index (χ1) is 18.7. The van der Waals surface area contributed by atoms with Crippen LogP contribution in [-0.2, 0) is 25.3 Å². The maximum absolute atomic E-state index is 15.1. The fourth-order valence-corrected chi connectivity index (χ4v) is 5.53. The minimum atomic E-state index is -3.19. The van der Waals surface area contributed by atoms with E-state index in [9.17, 15) is 13.2 Å². The molecule has 200 valence electrons. The Labute approximate surface area is 223 Å². The zero-order valence-corrected chi connectivity index (χ0v) is 21.8. The number of aromatic amines is 1. The molecule has 0 radical (unpaired) electrons. The Bertz CT molecular complexity index is 1710. The van der Waals surface area contributed by atoms with Crippen molar-refractivity contribution in [3.63, 3.8) is 0 Å². The van der Waals surface area contributed by atoms with Crippen molar-refractivity contribution in [3.05, 3.63) is 94.4 Å². The summed E-state index contributed by atoms with van der Waals surface area (Å²) in [6.07, 6.45) is 4.03. The fraction of sp³-hybridized carbons (Fsp3) is 0.267. The van der Waals surface area contributed by atoms with Crippen molar-refractivity contribution >= 4 is 16.7 Å². The number of para-hydroxylation sites is 1. The normalized spacial score (nSPS) is 13.8. The molecule has 2 aromatic carbocycles. The van der Waals surface area contributed by atoms with Gasteiger partial charge in [0, 0.05) is 60.9 Å². The summed E-state index contributed by atoms with van der Waals surface area (Å²) in [5.41, 5.74) is 6.36. The van der Waals surface area contributed by atoms with Crippen molar-refractivity contribution in [1.82, 2.24) is 19.7 Å². The molecular formula is C30H27F4N5. The molecule has 39 heavy (non-hydrogen) atoms. The summed E-state index contributed by atoms with van der Waals surface area (Å²) in [4.78, 5) is 8.83. The average molecular weight is 534 g/mol. The highest BCUT2D eigenvalue weighted by Gasteiger charge is 2.31.